The van der Waals surface area contributed by atoms with E-state index < -0.39 is 21.8 Å². The highest BCUT2D eigenvalue weighted by molar-refractivity contribution is 7.87. The number of rotatable bonds is 5. The van der Waals surface area contributed by atoms with Crippen LogP contribution in [0.3, 0.4) is 0 Å². The predicted octanol–water partition coefficient (Wildman–Crippen LogP) is 4.41. The van der Waals surface area contributed by atoms with E-state index in [2.05, 4.69) is 4.90 Å². The van der Waals surface area contributed by atoms with Gasteiger partial charge in [-0.25, -0.2) is 8.78 Å². The molecule has 5 rings (SSSR count). The molecule has 3 aromatic rings. The van der Waals surface area contributed by atoms with Gasteiger partial charge >= 0.3 is 10.1 Å². The lowest BCUT2D eigenvalue weighted by Gasteiger charge is -2.41. The largest absolute Gasteiger partial charge is 0.494 e. The summed E-state index contributed by atoms with van der Waals surface area (Å²) in [6.07, 6.45) is 1.33. The molecule has 0 amide bonds. The van der Waals surface area contributed by atoms with Crippen LogP contribution in [0.1, 0.15) is 28.3 Å². The van der Waals surface area contributed by atoms with Crippen LogP contribution >= 0.6 is 0 Å². The van der Waals surface area contributed by atoms with Gasteiger partial charge in [0.15, 0.2) is 23.1 Å². The van der Waals surface area contributed by atoms with Gasteiger partial charge in [0.1, 0.15) is 10.7 Å². The Morgan fingerprint density at radius 3 is 2.38 bits per heavy atom. The Bertz CT molecular complexity index is 1380. The molecule has 9 heteroatoms. The van der Waals surface area contributed by atoms with Crippen LogP contribution in [0.25, 0.3) is 0 Å². The maximum atomic E-state index is 14.5. The monoisotopic (exact) mass is 487 g/mol. The summed E-state index contributed by atoms with van der Waals surface area (Å²) in [5.74, 6) is -0.566. The number of nitrogens with zero attached hydrogens (tertiary/aromatic N) is 1. The fourth-order valence-corrected chi connectivity index (χ4v) is 5.73. The van der Waals surface area contributed by atoms with Crippen molar-refractivity contribution in [1.82, 2.24) is 4.90 Å². The van der Waals surface area contributed by atoms with Crippen molar-refractivity contribution in [2.45, 2.75) is 30.3 Å². The van der Waals surface area contributed by atoms with E-state index in [1.165, 1.54) is 32.4 Å². The van der Waals surface area contributed by atoms with Crippen molar-refractivity contribution in [2.75, 3.05) is 20.8 Å². The maximum absolute atomic E-state index is 14.5. The zero-order valence-corrected chi connectivity index (χ0v) is 19.5. The number of hydrogen-bond acceptors (Lipinski definition) is 6. The van der Waals surface area contributed by atoms with Crippen LogP contribution in [0.4, 0.5) is 8.78 Å². The van der Waals surface area contributed by atoms with E-state index in [1.54, 1.807) is 18.2 Å². The third-order valence-corrected chi connectivity index (χ3v) is 7.67. The minimum Gasteiger partial charge on any atom is -0.494 e. The molecule has 0 bridgehead atoms. The normalized spacial score (nSPS) is 17.4. The average molecular weight is 488 g/mol. The van der Waals surface area contributed by atoms with Gasteiger partial charge in [0.2, 0.25) is 0 Å². The van der Waals surface area contributed by atoms with Crippen LogP contribution in [-0.2, 0) is 29.5 Å². The lowest BCUT2D eigenvalue weighted by atomic mass is 9.84. The molecule has 2 heterocycles. The van der Waals surface area contributed by atoms with Crippen LogP contribution in [0.2, 0.25) is 0 Å². The molecule has 1 atom stereocenters. The molecule has 0 N–H and O–H groups in total. The van der Waals surface area contributed by atoms with Crippen LogP contribution in [0.15, 0.2) is 53.4 Å². The molecular formula is C25H23F2NO5S. The molecular weight excluding hydrogens is 464 g/mol. The molecule has 0 spiro atoms. The molecule has 2 aliphatic rings. The van der Waals surface area contributed by atoms with Gasteiger partial charge in [-0.2, -0.15) is 8.42 Å². The Morgan fingerprint density at radius 2 is 1.65 bits per heavy atom. The standard InChI is InChI=1S/C25H23F2NO5S/c1-31-23-9-15-6-7-28-14-17-11-24(32-2)25(10-16(17)8-22(28)20(15)13-21(23)27)33-34(29,30)19-5-3-4-18(26)12-19/h3-5,9-13,22H,6-8,14H2,1-2H3. The summed E-state index contributed by atoms with van der Waals surface area (Å²) in [6.45, 7) is 1.42. The molecule has 1 unspecified atom stereocenters. The molecule has 0 saturated carbocycles. The maximum Gasteiger partial charge on any atom is 0.339 e. The molecule has 0 aromatic heterocycles. The van der Waals surface area contributed by atoms with Crippen molar-refractivity contribution in [3.05, 3.63) is 82.4 Å². The van der Waals surface area contributed by atoms with Crippen LogP contribution in [0, 0.1) is 11.6 Å². The molecule has 34 heavy (non-hydrogen) atoms. The minimum atomic E-state index is -4.27. The second-order valence-electron chi connectivity index (χ2n) is 8.39. The van der Waals surface area contributed by atoms with Crippen molar-refractivity contribution in [1.29, 1.82) is 0 Å². The fraction of sp³-hybridized carbons (Fsp3) is 0.280. The molecule has 6 nitrogen and oxygen atoms in total. The molecule has 0 fully saturated rings. The van der Waals surface area contributed by atoms with Crippen molar-refractivity contribution in [3.63, 3.8) is 0 Å². The molecule has 2 aliphatic heterocycles. The van der Waals surface area contributed by atoms with Crippen molar-refractivity contribution in [2.24, 2.45) is 0 Å². The highest BCUT2D eigenvalue weighted by atomic mass is 32.2. The average Bonchev–Trinajstić information content (AvgIpc) is 2.82. The first kappa shape index (κ1) is 22.6. The molecule has 0 aliphatic carbocycles. The summed E-state index contributed by atoms with van der Waals surface area (Å²) in [5, 5.41) is 0. The zero-order chi connectivity index (χ0) is 24.0. The number of ether oxygens (including phenoxy) is 2. The highest BCUT2D eigenvalue weighted by Crippen LogP contribution is 2.43. The van der Waals surface area contributed by atoms with Gasteiger partial charge in [-0.1, -0.05) is 6.07 Å². The second-order valence-corrected chi connectivity index (χ2v) is 9.94. The van der Waals surface area contributed by atoms with Gasteiger partial charge in [-0.15, -0.1) is 0 Å². The van der Waals surface area contributed by atoms with Gasteiger partial charge in [0.05, 0.1) is 14.2 Å². The van der Waals surface area contributed by atoms with Crippen LogP contribution in [0.5, 0.6) is 17.2 Å². The summed E-state index contributed by atoms with van der Waals surface area (Å²) in [7, 11) is -1.39. The van der Waals surface area contributed by atoms with Crippen LogP contribution in [-0.4, -0.2) is 34.1 Å². The summed E-state index contributed by atoms with van der Waals surface area (Å²) in [4.78, 5) is 1.99. The highest BCUT2D eigenvalue weighted by Gasteiger charge is 2.34. The Balaban J connectivity index is 1.50. The third kappa shape index (κ3) is 3.99. The number of fused-ring (bicyclic) bond motifs is 4. The van der Waals surface area contributed by atoms with Gasteiger partial charge < -0.3 is 13.7 Å². The first-order chi connectivity index (χ1) is 16.3. The van der Waals surface area contributed by atoms with Crippen molar-refractivity contribution < 1.29 is 30.9 Å². The van der Waals surface area contributed by atoms with Crippen molar-refractivity contribution in [3.8, 4) is 17.2 Å². The Kier molecular flexibility index (Phi) is 5.69. The summed E-state index contributed by atoms with van der Waals surface area (Å²) in [5.41, 5.74) is 3.82. The van der Waals surface area contributed by atoms with Crippen LogP contribution < -0.4 is 13.7 Å². The molecule has 3 aromatic carbocycles. The van der Waals surface area contributed by atoms with E-state index in [0.717, 1.165) is 47.4 Å². The lowest BCUT2D eigenvalue weighted by Crippen LogP contribution is -2.39. The van der Waals surface area contributed by atoms with E-state index in [0.29, 0.717) is 13.0 Å². The summed E-state index contributed by atoms with van der Waals surface area (Å²) in [6, 6.07) is 11.3. The summed E-state index contributed by atoms with van der Waals surface area (Å²) < 4.78 is 69.5. The Morgan fingerprint density at radius 1 is 0.912 bits per heavy atom. The smallest absolute Gasteiger partial charge is 0.339 e. The number of hydrogen-bond donors (Lipinski definition) is 0. The molecule has 0 radical (unpaired) electrons. The fourth-order valence-electron chi connectivity index (χ4n) is 4.76. The lowest BCUT2D eigenvalue weighted by molar-refractivity contribution is 0.160. The minimum absolute atomic E-state index is 0.0240. The second kappa shape index (κ2) is 8.56. The third-order valence-electron chi connectivity index (χ3n) is 6.44. The predicted molar refractivity (Wildman–Crippen MR) is 121 cm³/mol. The Labute approximate surface area is 196 Å². The van der Waals surface area contributed by atoms with Gasteiger partial charge in [0.25, 0.3) is 0 Å². The number of methoxy groups -OCH3 is 2. The van der Waals surface area contributed by atoms with Crippen molar-refractivity contribution >= 4 is 10.1 Å². The SMILES string of the molecule is COc1cc2c(cc1F)C1Cc3cc(OS(=O)(=O)c4cccc(F)c4)c(OC)cc3CN1CC2. The first-order valence-electron chi connectivity index (χ1n) is 10.8. The Hall–Kier alpha value is -3.17. The van der Waals surface area contributed by atoms with E-state index in [1.807, 2.05) is 0 Å². The van der Waals surface area contributed by atoms with Gasteiger partial charge in [-0.3, -0.25) is 4.90 Å². The van der Waals surface area contributed by atoms with E-state index in [9.17, 15) is 17.2 Å². The van der Waals surface area contributed by atoms with E-state index in [4.69, 9.17) is 13.7 Å². The quantitative estimate of drug-likeness (QED) is 0.497. The zero-order valence-electron chi connectivity index (χ0n) is 18.7. The van der Waals surface area contributed by atoms with Gasteiger partial charge in [0, 0.05) is 19.1 Å². The molecule has 0 saturated heterocycles. The van der Waals surface area contributed by atoms with Gasteiger partial charge in [-0.05, 0) is 77.6 Å². The molecule has 178 valence electrons. The van der Waals surface area contributed by atoms with E-state index >= 15 is 0 Å². The topological polar surface area (TPSA) is 65.1 Å². The number of benzene rings is 3. The number of halogens is 2. The summed E-state index contributed by atoms with van der Waals surface area (Å²) >= 11 is 0. The first-order valence-corrected chi connectivity index (χ1v) is 12.2. The van der Waals surface area contributed by atoms with E-state index in [-0.39, 0.29) is 28.2 Å².